The van der Waals surface area contributed by atoms with E-state index in [9.17, 15) is 4.79 Å². The molecule has 2 aromatic heterocycles. The highest BCUT2D eigenvalue weighted by atomic mass is 16.1. The fraction of sp³-hybridized carbons (Fsp3) is 0.182. The Balaban J connectivity index is 1.72. The van der Waals surface area contributed by atoms with Crippen LogP contribution in [0.4, 0.5) is 5.82 Å². The summed E-state index contributed by atoms with van der Waals surface area (Å²) in [5, 5.41) is 5.74. The van der Waals surface area contributed by atoms with E-state index in [2.05, 4.69) is 30.6 Å². The molecule has 0 unspecified atom stereocenters. The van der Waals surface area contributed by atoms with E-state index in [1.165, 1.54) is 18.6 Å². The minimum absolute atomic E-state index is 0.246. The Hall–Kier alpha value is -2.57. The second-order valence-corrected chi connectivity index (χ2v) is 3.36. The molecule has 2 rings (SSSR count). The fourth-order valence-corrected chi connectivity index (χ4v) is 1.26. The molecule has 18 heavy (non-hydrogen) atoms. The number of carbonyl (C=O) groups is 1. The molecule has 0 aliphatic rings. The van der Waals surface area contributed by atoms with Gasteiger partial charge in [-0.2, -0.15) is 0 Å². The summed E-state index contributed by atoms with van der Waals surface area (Å²) in [5.41, 5.74) is 0.303. The standard InChI is InChI=1S/C11H12N6O/c18-11(9-7-12-1-3-14-9)17-6-5-16-10-8-13-2-4-15-10/h1-4,7-8H,5-6H2,(H,15,16)(H,17,18). The first-order valence-electron chi connectivity index (χ1n) is 5.40. The number of aromatic nitrogens is 4. The Morgan fingerprint density at radius 2 is 1.78 bits per heavy atom. The first-order valence-corrected chi connectivity index (χ1v) is 5.40. The van der Waals surface area contributed by atoms with Crippen LogP contribution in [0.15, 0.2) is 37.2 Å². The number of hydrogen-bond donors (Lipinski definition) is 2. The van der Waals surface area contributed by atoms with Gasteiger partial charge in [-0.05, 0) is 0 Å². The molecule has 0 aliphatic heterocycles. The summed E-state index contributed by atoms with van der Waals surface area (Å²) in [4.78, 5) is 27.3. The molecule has 1 amide bonds. The average molecular weight is 244 g/mol. The minimum Gasteiger partial charge on any atom is -0.367 e. The van der Waals surface area contributed by atoms with Gasteiger partial charge in [0.2, 0.25) is 0 Å². The molecule has 0 aliphatic carbocycles. The zero-order valence-corrected chi connectivity index (χ0v) is 9.58. The zero-order valence-electron chi connectivity index (χ0n) is 9.58. The van der Waals surface area contributed by atoms with Crippen molar-refractivity contribution in [3.63, 3.8) is 0 Å². The highest BCUT2D eigenvalue weighted by Gasteiger charge is 2.04. The molecule has 0 spiro atoms. The van der Waals surface area contributed by atoms with Crippen LogP contribution in [-0.2, 0) is 0 Å². The van der Waals surface area contributed by atoms with Gasteiger partial charge in [0.05, 0.1) is 12.4 Å². The number of hydrogen-bond acceptors (Lipinski definition) is 6. The van der Waals surface area contributed by atoms with E-state index in [1.807, 2.05) is 0 Å². The Morgan fingerprint density at radius 3 is 2.44 bits per heavy atom. The van der Waals surface area contributed by atoms with Gasteiger partial charge in [-0.3, -0.25) is 14.8 Å². The first-order chi connectivity index (χ1) is 8.86. The molecule has 0 radical (unpaired) electrons. The Bertz CT molecular complexity index is 489. The first kappa shape index (κ1) is 11.9. The highest BCUT2D eigenvalue weighted by Crippen LogP contribution is 1.95. The highest BCUT2D eigenvalue weighted by molar-refractivity contribution is 5.91. The zero-order chi connectivity index (χ0) is 12.6. The molecule has 2 heterocycles. The molecule has 7 heteroatoms. The van der Waals surface area contributed by atoms with E-state index in [-0.39, 0.29) is 5.91 Å². The van der Waals surface area contributed by atoms with E-state index in [0.717, 1.165) is 0 Å². The molecule has 0 saturated carbocycles. The van der Waals surface area contributed by atoms with Crippen LogP contribution >= 0.6 is 0 Å². The van der Waals surface area contributed by atoms with Crippen molar-refractivity contribution in [3.8, 4) is 0 Å². The summed E-state index contributed by atoms with van der Waals surface area (Å²) in [6, 6.07) is 0. The number of amides is 1. The van der Waals surface area contributed by atoms with Crippen molar-refractivity contribution in [1.82, 2.24) is 25.3 Å². The van der Waals surface area contributed by atoms with Gasteiger partial charge in [0.1, 0.15) is 11.5 Å². The maximum atomic E-state index is 11.6. The molecule has 2 aromatic rings. The quantitative estimate of drug-likeness (QED) is 0.725. The van der Waals surface area contributed by atoms with Crippen molar-refractivity contribution < 1.29 is 4.79 Å². The summed E-state index contributed by atoms with van der Waals surface area (Å²) < 4.78 is 0. The van der Waals surface area contributed by atoms with Gasteiger partial charge < -0.3 is 10.6 Å². The molecular weight excluding hydrogens is 232 g/mol. The van der Waals surface area contributed by atoms with E-state index in [1.54, 1.807) is 18.6 Å². The largest absolute Gasteiger partial charge is 0.367 e. The van der Waals surface area contributed by atoms with Gasteiger partial charge in [-0.1, -0.05) is 0 Å². The second-order valence-electron chi connectivity index (χ2n) is 3.36. The molecule has 0 bridgehead atoms. The molecule has 0 saturated heterocycles. The van der Waals surface area contributed by atoms with Crippen molar-refractivity contribution in [3.05, 3.63) is 42.9 Å². The normalized spacial score (nSPS) is 9.78. The number of nitrogens with one attached hydrogen (secondary N) is 2. The molecule has 92 valence electrons. The van der Waals surface area contributed by atoms with Gasteiger partial charge in [0.25, 0.3) is 5.91 Å². The van der Waals surface area contributed by atoms with Gasteiger partial charge in [0, 0.05) is 37.9 Å². The molecule has 2 N–H and O–H groups in total. The van der Waals surface area contributed by atoms with Crippen LogP contribution in [0.5, 0.6) is 0 Å². The van der Waals surface area contributed by atoms with E-state index in [0.29, 0.717) is 24.6 Å². The third-order valence-corrected chi connectivity index (χ3v) is 2.08. The Labute approximate surface area is 104 Å². The summed E-state index contributed by atoms with van der Waals surface area (Å²) in [7, 11) is 0. The van der Waals surface area contributed by atoms with Crippen molar-refractivity contribution >= 4 is 11.7 Å². The van der Waals surface area contributed by atoms with Crippen LogP contribution in [0.2, 0.25) is 0 Å². The van der Waals surface area contributed by atoms with E-state index in [4.69, 9.17) is 0 Å². The van der Waals surface area contributed by atoms with Gasteiger partial charge in [-0.25, -0.2) is 9.97 Å². The molecule has 0 atom stereocenters. The monoisotopic (exact) mass is 244 g/mol. The molecular formula is C11H12N6O. The fourth-order valence-electron chi connectivity index (χ4n) is 1.26. The van der Waals surface area contributed by atoms with Crippen molar-refractivity contribution in [2.45, 2.75) is 0 Å². The molecule has 0 aromatic carbocycles. The lowest BCUT2D eigenvalue weighted by Gasteiger charge is -2.06. The van der Waals surface area contributed by atoms with Crippen molar-refractivity contribution in [2.24, 2.45) is 0 Å². The maximum absolute atomic E-state index is 11.6. The third-order valence-electron chi connectivity index (χ3n) is 2.08. The summed E-state index contributed by atoms with van der Waals surface area (Å²) in [5.74, 6) is 0.426. The third kappa shape index (κ3) is 3.48. The van der Waals surface area contributed by atoms with Crippen molar-refractivity contribution in [1.29, 1.82) is 0 Å². The second kappa shape index (κ2) is 6.24. The summed E-state index contributed by atoms with van der Waals surface area (Å²) in [6.07, 6.45) is 9.23. The number of rotatable bonds is 5. The van der Waals surface area contributed by atoms with Crippen LogP contribution in [-0.4, -0.2) is 38.9 Å². The average Bonchev–Trinajstić information content (AvgIpc) is 2.45. The van der Waals surface area contributed by atoms with Crippen LogP contribution in [0, 0.1) is 0 Å². The summed E-state index contributed by atoms with van der Waals surface area (Å²) in [6.45, 7) is 1.02. The number of anilines is 1. The SMILES string of the molecule is O=C(NCCNc1cnccn1)c1cnccn1. The predicted octanol–water partition coefficient (Wildman–Crippen LogP) is 0.108. The van der Waals surface area contributed by atoms with Gasteiger partial charge in [0.15, 0.2) is 0 Å². The van der Waals surface area contributed by atoms with Crippen LogP contribution in [0.3, 0.4) is 0 Å². The minimum atomic E-state index is -0.246. The van der Waals surface area contributed by atoms with Crippen LogP contribution in [0.1, 0.15) is 10.5 Å². The maximum Gasteiger partial charge on any atom is 0.271 e. The van der Waals surface area contributed by atoms with Crippen molar-refractivity contribution in [2.75, 3.05) is 18.4 Å². The predicted molar refractivity (Wildman–Crippen MR) is 64.9 cm³/mol. The number of nitrogens with zero attached hydrogens (tertiary/aromatic N) is 4. The lowest BCUT2D eigenvalue weighted by Crippen LogP contribution is -2.29. The van der Waals surface area contributed by atoms with Gasteiger partial charge in [-0.15, -0.1) is 0 Å². The lowest BCUT2D eigenvalue weighted by atomic mass is 10.4. The Morgan fingerprint density at radius 1 is 1.00 bits per heavy atom. The molecule has 7 nitrogen and oxygen atoms in total. The van der Waals surface area contributed by atoms with Crippen LogP contribution < -0.4 is 10.6 Å². The Kier molecular flexibility index (Phi) is 4.12. The molecule has 0 fully saturated rings. The topological polar surface area (TPSA) is 92.7 Å². The van der Waals surface area contributed by atoms with E-state index >= 15 is 0 Å². The van der Waals surface area contributed by atoms with E-state index < -0.39 is 0 Å². The smallest absolute Gasteiger partial charge is 0.271 e. The van der Waals surface area contributed by atoms with Crippen LogP contribution in [0.25, 0.3) is 0 Å². The van der Waals surface area contributed by atoms with Gasteiger partial charge >= 0.3 is 0 Å². The lowest BCUT2D eigenvalue weighted by molar-refractivity contribution is 0.0950. The number of carbonyl (C=O) groups excluding carboxylic acids is 1. The summed E-state index contributed by atoms with van der Waals surface area (Å²) >= 11 is 0.